The molecule has 3 aromatic rings. The smallest absolute Gasteiger partial charge is 0.152 e. The standard InChI is InChI=1S/C35H44NO2P/c1-33(2,26-38-39-37)25-36(31-21-17-29(18-22-31)34(3,4)27-13-9-7-10-14-27)32-23-19-30(20-24-32)35(5,6)28-15-11-8-12-16-28/h7,9-11,13-24,37,39H,8,12,25-26H2,1-6H3. The van der Waals surface area contributed by atoms with Crippen molar-refractivity contribution in [2.24, 2.45) is 5.41 Å². The minimum Gasteiger partial charge on any atom is -0.352 e. The van der Waals surface area contributed by atoms with Crippen LogP contribution in [0.4, 0.5) is 11.4 Å². The molecule has 0 aromatic heterocycles. The number of anilines is 2. The Balaban J connectivity index is 1.66. The molecule has 1 unspecified atom stereocenters. The third-order valence-electron chi connectivity index (χ3n) is 8.13. The zero-order chi connectivity index (χ0) is 28.1. The summed E-state index contributed by atoms with van der Waals surface area (Å²) in [6.45, 7) is 14.8. The lowest BCUT2D eigenvalue weighted by molar-refractivity contribution is 0.195. The molecule has 0 radical (unpaired) electrons. The first-order valence-corrected chi connectivity index (χ1v) is 14.8. The average Bonchev–Trinajstić information content (AvgIpc) is 2.96. The minimum atomic E-state index is -0.497. The fourth-order valence-electron chi connectivity index (χ4n) is 5.41. The second-order valence-corrected chi connectivity index (χ2v) is 13.0. The van der Waals surface area contributed by atoms with Crippen molar-refractivity contribution in [2.45, 2.75) is 65.2 Å². The topological polar surface area (TPSA) is 32.7 Å². The minimum absolute atomic E-state index is 0.0416. The molecule has 0 heterocycles. The van der Waals surface area contributed by atoms with Crippen LogP contribution in [0.1, 0.15) is 71.1 Å². The van der Waals surface area contributed by atoms with Gasteiger partial charge in [0.1, 0.15) is 0 Å². The molecule has 0 amide bonds. The maximum Gasteiger partial charge on any atom is 0.152 e. The number of rotatable bonds is 11. The molecule has 0 spiro atoms. The van der Waals surface area contributed by atoms with E-state index in [1.54, 1.807) is 0 Å². The first kappa shape index (κ1) is 29.3. The Kier molecular flexibility index (Phi) is 9.17. The second kappa shape index (κ2) is 12.2. The predicted molar refractivity (Wildman–Crippen MR) is 168 cm³/mol. The molecule has 0 saturated heterocycles. The summed E-state index contributed by atoms with van der Waals surface area (Å²) in [5, 5.41) is 0. The van der Waals surface area contributed by atoms with Crippen molar-refractivity contribution in [1.29, 1.82) is 0 Å². The van der Waals surface area contributed by atoms with Gasteiger partial charge in [-0.3, -0.25) is 0 Å². The zero-order valence-electron chi connectivity index (χ0n) is 24.4. The Morgan fingerprint density at radius 3 is 1.77 bits per heavy atom. The van der Waals surface area contributed by atoms with Crippen LogP contribution >= 0.6 is 9.03 Å². The van der Waals surface area contributed by atoms with Crippen molar-refractivity contribution in [1.82, 2.24) is 0 Å². The number of hydrogen-bond acceptors (Lipinski definition) is 3. The Morgan fingerprint density at radius 1 is 0.718 bits per heavy atom. The molecule has 206 valence electrons. The van der Waals surface area contributed by atoms with Crippen LogP contribution in [0, 0.1) is 5.41 Å². The Labute approximate surface area is 237 Å². The van der Waals surface area contributed by atoms with Crippen molar-refractivity contribution >= 4 is 20.4 Å². The first-order chi connectivity index (χ1) is 18.5. The molecule has 0 saturated carbocycles. The van der Waals surface area contributed by atoms with Gasteiger partial charge in [-0.05, 0) is 59.4 Å². The second-order valence-electron chi connectivity index (χ2n) is 12.5. The van der Waals surface area contributed by atoms with Crippen LogP contribution in [0.2, 0.25) is 0 Å². The molecule has 0 aliphatic heterocycles. The van der Waals surface area contributed by atoms with Crippen molar-refractivity contribution in [2.75, 3.05) is 18.1 Å². The summed E-state index contributed by atoms with van der Waals surface area (Å²) in [5.41, 5.74) is 7.30. The number of hydrogen-bond donors (Lipinski definition) is 1. The molecule has 1 N–H and O–H groups in total. The van der Waals surface area contributed by atoms with Gasteiger partial charge in [0, 0.05) is 34.2 Å². The quantitative estimate of drug-likeness (QED) is 0.246. The van der Waals surface area contributed by atoms with E-state index < -0.39 is 9.03 Å². The lowest BCUT2D eigenvalue weighted by Crippen LogP contribution is -2.34. The molecule has 39 heavy (non-hydrogen) atoms. The van der Waals surface area contributed by atoms with Gasteiger partial charge in [-0.1, -0.05) is 114 Å². The van der Waals surface area contributed by atoms with Crippen molar-refractivity contribution in [3.63, 3.8) is 0 Å². The zero-order valence-corrected chi connectivity index (χ0v) is 25.4. The maximum atomic E-state index is 9.30. The van der Waals surface area contributed by atoms with Crippen LogP contribution in [-0.4, -0.2) is 18.0 Å². The average molecular weight is 542 g/mol. The molecular formula is C35H44NO2P. The number of nitrogens with zero attached hydrogens (tertiary/aromatic N) is 1. The van der Waals surface area contributed by atoms with Crippen LogP contribution in [0.5, 0.6) is 0 Å². The van der Waals surface area contributed by atoms with E-state index in [0.29, 0.717) is 6.61 Å². The van der Waals surface area contributed by atoms with Gasteiger partial charge in [0.05, 0.1) is 6.61 Å². The van der Waals surface area contributed by atoms with Crippen LogP contribution in [0.25, 0.3) is 0 Å². The van der Waals surface area contributed by atoms with Gasteiger partial charge in [0.25, 0.3) is 0 Å². The van der Waals surface area contributed by atoms with Crippen molar-refractivity contribution in [3.05, 3.63) is 119 Å². The normalized spacial score (nSPS) is 14.6. The van der Waals surface area contributed by atoms with Crippen molar-refractivity contribution < 1.29 is 9.42 Å². The van der Waals surface area contributed by atoms with Gasteiger partial charge in [-0.25, -0.2) is 0 Å². The van der Waals surface area contributed by atoms with E-state index in [-0.39, 0.29) is 16.2 Å². The largest absolute Gasteiger partial charge is 0.352 e. The van der Waals surface area contributed by atoms with Crippen LogP contribution < -0.4 is 4.90 Å². The van der Waals surface area contributed by atoms with E-state index in [4.69, 9.17) is 4.52 Å². The fourth-order valence-corrected chi connectivity index (χ4v) is 5.87. The van der Waals surface area contributed by atoms with Gasteiger partial charge in [0.15, 0.2) is 9.03 Å². The summed E-state index contributed by atoms with van der Waals surface area (Å²) in [6.07, 6.45) is 9.19. The summed E-state index contributed by atoms with van der Waals surface area (Å²) in [6, 6.07) is 28.7. The maximum absolute atomic E-state index is 9.30. The highest BCUT2D eigenvalue weighted by Crippen LogP contribution is 2.38. The van der Waals surface area contributed by atoms with Gasteiger partial charge >= 0.3 is 0 Å². The van der Waals surface area contributed by atoms with E-state index in [1.165, 1.54) is 22.3 Å². The Hall–Kier alpha value is -2.71. The highest BCUT2D eigenvalue weighted by atomic mass is 31.1. The Morgan fingerprint density at radius 2 is 1.26 bits per heavy atom. The molecule has 1 atom stereocenters. The number of benzene rings is 3. The van der Waals surface area contributed by atoms with Gasteiger partial charge < -0.3 is 14.3 Å². The number of allylic oxidation sites excluding steroid dienone is 4. The highest BCUT2D eigenvalue weighted by Gasteiger charge is 2.28. The molecular weight excluding hydrogens is 497 g/mol. The summed E-state index contributed by atoms with van der Waals surface area (Å²) in [7, 11) is -0.497. The summed E-state index contributed by atoms with van der Waals surface area (Å²) >= 11 is 0. The van der Waals surface area contributed by atoms with E-state index in [2.05, 4.69) is 144 Å². The fraction of sp³-hybridized carbons (Fsp3) is 0.371. The van der Waals surface area contributed by atoms with Crippen LogP contribution in [0.3, 0.4) is 0 Å². The first-order valence-electron chi connectivity index (χ1n) is 14.0. The monoisotopic (exact) mass is 541 g/mol. The van der Waals surface area contributed by atoms with E-state index >= 15 is 0 Å². The summed E-state index contributed by atoms with van der Waals surface area (Å²) in [5.74, 6) is 0. The molecule has 3 aromatic carbocycles. The molecule has 4 heteroatoms. The van der Waals surface area contributed by atoms with Crippen LogP contribution in [-0.2, 0) is 15.4 Å². The molecule has 0 fully saturated rings. The third-order valence-corrected chi connectivity index (χ3v) is 8.40. The lowest BCUT2D eigenvalue weighted by Gasteiger charge is -2.35. The highest BCUT2D eigenvalue weighted by molar-refractivity contribution is 7.24. The van der Waals surface area contributed by atoms with Gasteiger partial charge in [-0.15, -0.1) is 0 Å². The molecule has 1 aliphatic carbocycles. The molecule has 0 bridgehead atoms. The lowest BCUT2D eigenvalue weighted by atomic mass is 9.76. The third kappa shape index (κ3) is 6.90. The van der Waals surface area contributed by atoms with E-state index in [0.717, 1.165) is 30.8 Å². The van der Waals surface area contributed by atoms with Crippen molar-refractivity contribution in [3.8, 4) is 0 Å². The van der Waals surface area contributed by atoms with E-state index in [1.807, 2.05) is 0 Å². The molecule has 1 aliphatic rings. The van der Waals surface area contributed by atoms with Gasteiger partial charge in [-0.2, -0.15) is 0 Å². The Bertz CT molecular complexity index is 1270. The van der Waals surface area contributed by atoms with Crippen LogP contribution in [0.15, 0.2) is 103 Å². The molecule has 3 nitrogen and oxygen atoms in total. The van der Waals surface area contributed by atoms with Gasteiger partial charge in [0.2, 0.25) is 0 Å². The SMILES string of the molecule is CC(C)(COPO)CN(c1ccc(C(C)(C)C2=CCCC=C2)cc1)c1ccc(C(C)(C)c2ccccc2)cc1. The summed E-state index contributed by atoms with van der Waals surface area (Å²) < 4.78 is 5.46. The predicted octanol–water partition coefficient (Wildman–Crippen LogP) is 9.25. The summed E-state index contributed by atoms with van der Waals surface area (Å²) in [4.78, 5) is 11.7. The molecule has 4 rings (SSSR count). The van der Waals surface area contributed by atoms with E-state index in [9.17, 15) is 4.89 Å².